The number of hydrogen-bond donors (Lipinski definition) is 0. The molecule has 166 valence electrons. The quantitative estimate of drug-likeness (QED) is 0.591. The third kappa shape index (κ3) is 4.12. The summed E-state index contributed by atoms with van der Waals surface area (Å²) in [5.41, 5.74) is 5.82. The van der Waals surface area contributed by atoms with E-state index in [9.17, 15) is 13.2 Å². The molecule has 1 aliphatic heterocycles. The van der Waals surface area contributed by atoms with Crippen molar-refractivity contribution < 1.29 is 13.2 Å². The molecule has 0 unspecified atom stereocenters. The number of rotatable bonds is 5. The zero-order valence-electron chi connectivity index (χ0n) is 18.6. The number of methoxy groups -OCH3 is 1. The highest BCUT2D eigenvalue weighted by molar-refractivity contribution is 7.90. The average Bonchev–Trinajstić information content (AvgIpc) is 2.89. The lowest BCUT2D eigenvalue weighted by Gasteiger charge is -2.15. The molecule has 0 saturated carbocycles. The van der Waals surface area contributed by atoms with Gasteiger partial charge in [0.25, 0.3) is 5.56 Å². The molecule has 0 amide bonds. The van der Waals surface area contributed by atoms with Crippen LogP contribution in [-0.2, 0) is 22.6 Å². The van der Waals surface area contributed by atoms with E-state index in [2.05, 4.69) is 0 Å². The number of benzene rings is 2. The molecule has 0 fully saturated rings. The lowest BCUT2D eigenvalue weighted by molar-refractivity contribution is 0.415. The molecular formula is C25H26N2O4S. The topological polar surface area (TPSA) is 77.7 Å². The Balaban J connectivity index is 1.97. The Kier molecular flexibility index (Phi) is 5.77. The number of ether oxygens (including phenoxy) is 1. The SMILES string of the molecule is CCS(=O)(=O)Cc1ccc2c(c1)-c1cn(C)c(=O)cc1[C@H](C)N=C2c1ccc(OC)cc1. The predicted octanol–water partition coefficient (Wildman–Crippen LogP) is 3.91. The number of aryl methyl sites for hydroxylation is 1. The van der Waals surface area contributed by atoms with Gasteiger partial charge in [-0.25, -0.2) is 8.42 Å². The van der Waals surface area contributed by atoms with Crippen LogP contribution in [0.3, 0.4) is 0 Å². The third-order valence-corrected chi connectivity index (χ3v) is 7.51. The van der Waals surface area contributed by atoms with Gasteiger partial charge in [-0.05, 0) is 53.9 Å². The summed E-state index contributed by atoms with van der Waals surface area (Å²) in [7, 11) is 0.156. The average molecular weight is 451 g/mol. The maximum atomic E-state index is 12.4. The van der Waals surface area contributed by atoms with E-state index in [0.717, 1.165) is 39.3 Å². The molecule has 0 bridgehead atoms. The van der Waals surface area contributed by atoms with Crippen LogP contribution in [0, 0.1) is 0 Å². The molecule has 0 aliphatic carbocycles. The van der Waals surface area contributed by atoms with Gasteiger partial charge in [-0.2, -0.15) is 0 Å². The molecule has 4 rings (SSSR count). The number of fused-ring (bicyclic) bond motifs is 3. The number of aromatic nitrogens is 1. The van der Waals surface area contributed by atoms with Gasteiger partial charge < -0.3 is 9.30 Å². The summed E-state index contributed by atoms with van der Waals surface area (Å²) in [6, 6.07) is 14.8. The second-order valence-corrected chi connectivity index (χ2v) is 10.4. The van der Waals surface area contributed by atoms with Crippen molar-refractivity contribution in [1.29, 1.82) is 0 Å². The van der Waals surface area contributed by atoms with Crippen molar-refractivity contribution in [2.24, 2.45) is 12.0 Å². The maximum absolute atomic E-state index is 12.4. The summed E-state index contributed by atoms with van der Waals surface area (Å²) in [6.07, 6.45) is 1.82. The van der Waals surface area contributed by atoms with Gasteiger partial charge in [-0.3, -0.25) is 9.79 Å². The second kappa shape index (κ2) is 8.39. The van der Waals surface area contributed by atoms with E-state index in [0.29, 0.717) is 5.56 Å². The molecule has 32 heavy (non-hydrogen) atoms. The van der Waals surface area contributed by atoms with Crippen molar-refractivity contribution in [3.8, 4) is 16.9 Å². The minimum Gasteiger partial charge on any atom is -0.497 e. The molecule has 1 aliphatic rings. The van der Waals surface area contributed by atoms with Crippen LogP contribution in [0.1, 0.15) is 42.1 Å². The summed E-state index contributed by atoms with van der Waals surface area (Å²) in [5, 5.41) is 0. The van der Waals surface area contributed by atoms with Crippen LogP contribution < -0.4 is 10.3 Å². The molecule has 2 heterocycles. The van der Waals surface area contributed by atoms with Crippen LogP contribution in [0.4, 0.5) is 0 Å². The van der Waals surface area contributed by atoms with E-state index < -0.39 is 9.84 Å². The predicted molar refractivity (Wildman–Crippen MR) is 127 cm³/mol. The van der Waals surface area contributed by atoms with Crippen LogP contribution >= 0.6 is 0 Å². The first kappa shape index (κ1) is 22.0. The molecule has 0 radical (unpaired) electrons. The smallest absolute Gasteiger partial charge is 0.250 e. The molecule has 0 N–H and O–H groups in total. The zero-order chi connectivity index (χ0) is 23.0. The minimum absolute atomic E-state index is 0.0254. The van der Waals surface area contributed by atoms with Crippen molar-refractivity contribution in [3.63, 3.8) is 0 Å². The normalized spacial score (nSPS) is 15.4. The first-order valence-electron chi connectivity index (χ1n) is 10.5. The highest BCUT2D eigenvalue weighted by Gasteiger charge is 2.24. The second-order valence-electron chi connectivity index (χ2n) is 8.03. The fourth-order valence-electron chi connectivity index (χ4n) is 3.99. The van der Waals surface area contributed by atoms with Crippen LogP contribution in [0.25, 0.3) is 11.1 Å². The molecule has 0 spiro atoms. The van der Waals surface area contributed by atoms with E-state index >= 15 is 0 Å². The van der Waals surface area contributed by atoms with E-state index in [-0.39, 0.29) is 23.1 Å². The lowest BCUT2D eigenvalue weighted by atomic mass is 9.91. The number of hydrogen-bond acceptors (Lipinski definition) is 5. The third-order valence-electron chi connectivity index (χ3n) is 5.85. The largest absolute Gasteiger partial charge is 0.497 e. The number of nitrogens with zero attached hydrogens (tertiary/aromatic N) is 2. The Morgan fingerprint density at radius 1 is 1.03 bits per heavy atom. The fourth-order valence-corrected chi connectivity index (χ4v) is 4.88. The van der Waals surface area contributed by atoms with Gasteiger partial charge in [0, 0.05) is 41.8 Å². The number of aliphatic imine (C=N–C) groups is 1. The van der Waals surface area contributed by atoms with Gasteiger partial charge in [0.1, 0.15) is 5.75 Å². The van der Waals surface area contributed by atoms with Crippen molar-refractivity contribution >= 4 is 15.5 Å². The molecule has 1 aromatic heterocycles. The van der Waals surface area contributed by atoms with Crippen LogP contribution in [-0.4, -0.2) is 31.6 Å². The Bertz CT molecular complexity index is 1370. The van der Waals surface area contributed by atoms with Gasteiger partial charge in [-0.15, -0.1) is 0 Å². The maximum Gasteiger partial charge on any atom is 0.250 e. The Hall–Kier alpha value is -3.19. The molecule has 2 aromatic carbocycles. The molecule has 6 nitrogen and oxygen atoms in total. The monoisotopic (exact) mass is 450 g/mol. The highest BCUT2D eigenvalue weighted by atomic mass is 32.2. The lowest BCUT2D eigenvalue weighted by Crippen LogP contribution is -2.17. The first-order chi connectivity index (χ1) is 15.2. The fraction of sp³-hybridized carbons (Fsp3) is 0.280. The summed E-state index contributed by atoms with van der Waals surface area (Å²) >= 11 is 0. The van der Waals surface area contributed by atoms with Gasteiger partial charge in [0.2, 0.25) is 0 Å². The van der Waals surface area contributed by atoms with Gasteiger partial charge in [0.05, 0.1) is 24.6 Å². The van der Waals surface area contributed by atoms with E-state index in [1.165, 1.54) is 0 Å². The van der Waals surface area contributed by atoms with Crippen LogP contribution in [0.5, 0.6) is 5.75 Å². The zero-order valence-corrected chi connectivity index (χ0v) is 19.4. The molecular weight excluding hydrogens is 424 g/mol. The Morgan fingerprint density at radius 3 is 2.41 bits per heavy atom. The number of pyridine rings is 1. The molecule has 3 aromatic rings. The van der Waals surface area contributed by atoms with Crippen molar-refractivity contribution in [3.05, 3.63) is 87.3 Å². The first-order valence-corrected chi connectivity index (χ1v) is 12.3. The van der Waals surface area contributed by atoms with Crippen LogP contribution in [0.2, 0.25) is 0 Å². The molecule has 1 atom stereocenters. The summed E-state index contributed by atoms with van der Waals surface area (Å²) in [4.78, 5) is 17.4. The van der Waals surface area contributed by atoms with E-state index in [1.54, 1.807) is 31.7 Å². The Labute approximate surface area is 188 Å². The van der Waals surface area contributed by atoms with Gasteiger partial charge in [0.15, 0.2) is 9.84 Å². The summed E-state index contributed by atoms with van der Waals surface area (Å²) in [6.45, 7) is 3.62. The van der Waals surface area contributed by atoms with E-state index in [4.69, 9.17) is 9.73 Å². The van der Waals surface area contributed by atoms with Crippen LogP contribution in [0.15, 0.2) is 64.5 Å². The van der Waals surface area contributed by atoms with Gasteiger partial charge >= 0.3 is 0 Å². The molecule has 0 saturated heterocycles. The van der Waals surface area contributed by atoms with Gasteiger partial charge in [-0.1, -0.05) is 19.1 Å². The minimum atomic E-state index is -3.18. The van der Waals surface area contributed by atoms with Crippen molar-refractivity contribution in [2.45, 2.75) is 25.6 Å². The summed E-state index contributed by atoms with van der Waals surface area (Å²) < 4.78 is 31.4. The summed E-state index contributed by atoms with van der Waals surface area (Å²) in [5.74, 6) is 0.815. The highest BCUT2D eigenvalue weighted by Crippen LogP contribution is 2.37. The molecule has 7 heteroatoms. The van der Waals surface area contributed by atoms with Crippen molar-refractivity contribution in [1.82, 2.24) is 4.57 Å². The Morgan fingerprint density at radius 2 is 1.75 bits per heavy atom. The standard InChI is InChI=1S/C25H26N2O4S/c1-5-32(29,30)15-17-6-11-20-22(12-17)23-14-27(3)24(28)13-21(23)16(2)26-25(20)18-7-9-19(31-4)10-8-18/h6-14,16H,5,15H2,1-4H3/t16-/m0/s1. The van der Waals surface area contributed by atoms with E-state index in [1.807, 2.05) is 55.6 Å². The number of sulfone groups is 1. The van der Waals surface area contributed by atoms with Crippen molar-refractivity contribution in [2.75, 3.05) is 12.9 Å².